The van der Waals surface area contributed by atoms with Gasteiger partial charge in [-0.05, 0) is 83.9 Å². The summed E-state index contributed by atoms with van der Waals surface area (Å²) in [5.74, 6) is 0.614. The van der Waals surface area contributed by atoms with E-state index in [2.05, 4.69) is 122 Å². The van der Waals surface area contributed by atoms with Crippen molar-refractivity contribution in [2.75, 3.05) is 25.2 Å². The number of hydrogen-bond donors (Lipinski definition) is 0. The highest BCUT2D eigenvalue weighted by Crippen LogP contribution is 2.59. The normalized spacial score (nSPS) is 14.9. The molecule has 2 aromatic rings. The van der Waals surface area contributed by atoms with Gasteiger partial charge in [-0.1, -0.05) is 117 Å². The van der Waals surface area contributed by atoms with Crippen LogP contribution in [-0.2, 0) is 14.2 Å². The van der Waals surface area contributed by atoms with Crippen LogP contribution in [0, 0.1) is 0 Å². The van der Waals surface area contributed by atoms with E-state index in [4.69, 9.17) is 18.9 Å². The van der Waals surface area contributed by atoms with Gasteiger partial charge in [0, 0.05) is 18.5 Å². The minimum absolute atomic E-state index is 0.162. The maximum atomic E-state index is 6.53. The van der Waals surface area contributed by atoms with Crippen LogP contribution in [-0.4, -0.2) is 42.6 Å². The molecule has 0 spiro atoms. The van der Waals surface area contributed by atoms with Gasteiger partial charge in [0.05, 0.1) is 12.7 Å². The molecular weight excluding hydrogens is 856 g/mol. The van der Waals surface area contributed by atoms with Crippen molar-refractivity contribution in [2.45, 2.75) is 57.0 Å². The first kappa shape index (κ1) is 33.2. The number of hydrogen-bond acceptors (Lipinski definition) is 4. The van der Waals surface area contributed by atoms with Crippen LogP contribution in [0.1, 0.15) is 39.5 Å². The van der Waals surface area contributed by atoms with Crippen molar-refractivity contribution in [1.82, 2.24) is 0 Å². The minimum atomic E-state index is -1.43. The first-order chi connectivity index (χ1) is 17.1. The third kappa shape index (κ3) is 9.58. The van der Waals surface area contributed by atoms with Crippen LogP contribution in [0.4, 0.5) is 0 Å². The van der Waals surface area contributed by atoms with E-state index >= 15 is 0 Å². The number of alkyl halides is 6. The Morgan fingerprint density at radius 3 is 2.06 bits per heavy atom. The first-order valence-corrected chi connectivity index (χ1v) is 16.9. The van der Waals surface area contributed by atoms with E-state index in [1.165, 1.54) is 0 Å². The van der Waals surface area contributed by atoms with Gasteiger partial charge in [0.15, 0.2) is 0 Å². The average molecular weight is 888 g/mol. The molecule has 202 valence electrons. The SMILES string of the molecule is CCCCOC(CBr)COC(Br)(Oc1cccc(-c2ccccc2)c1)C(Br)(Br)C(Br)(Br)OCCCC. The Morgan fingerprint density at radius 2 is 1.42 bits per heavy atom. The monoisotopic (exact) mass is 882 g/mol. The first-order valence-electron chi connectivity index (χ1n) is 11.8. The van der Waals surface area contributed by atoms with Crippen molar-refractivity contribution in [3.05, 3.63) is 54.6 Å². The van der Waals surface area contributed by atoms with Crippen LogP contribution < -0.4 is 4.74 Å². The van der Waals surface area contributed by atoms with Crippen LogP contribution in [0.15, 0.2) is 54.6 Å². The molecule has 2 unspecified atom stereocenters. The molecule has 0 aliphatic heterocycles. The molecule has 0 aromatic heterocycles. The summed E-state index contributed by atoms with van der Waals surface area (Å²) in [5.41, 5.74) is 2.12. The number of ether oxygens (including phenoxy) is 4. The average Bonchev–Trinajstić information content (AvgIpc) is 2.86. The van der Waals surface area contributed by atoms with E-state index in [1.807, 2.05) is 42.5 Å². The molecule has 0 aliphatic rings. The molecule has 4 nitrogen and oxygen atoms in total. The van der Waals surface area contributed by atoms with E-state index in [9.17, 15) is 0 Å². The fourth-order valence-corrected chi connectivity index (χ4v) is 6.02. The standard InChI is InChI=1S/C26H32Br6O4/c1-3-5-15-33-23(18-27)19-35-26(32,24(28,29)25(30,31)34-16-6-4-2)36-22-14-10-13-21(17-22)20-11-8-7-9-12-20/h7-14,17,23H,3-6,15-16,18-19H2,1-2H3. The molecule has 0 saturated carbocycles. The van der Waals surface area contributed by atoms with Crippen molar-refractivity contribution in [2.24, 2.45) is 0 Å². The van der Waals surface area contributed by atoms with Crippen LogP contribution in [0.25, 0.3) is 11.1 Å². The Bertz CT molecular complexity index is 899. The summed E-state index contributed by atoms with van der Waals surface area (Å²) in [6, 6.07) is 18.0. The molecule has 0 amide bonds. The molecule has 0 heterocycles. The maximum absolute atomic E-state index is 6.53. The topological polar surface area (TPSA) is 36.9 Å². The molecule has 2 atom stereocenters. The van der Waals surface area contributed by atoms with Gasteiger partial charge in [0.2, 0.25) is 6.65 Å². The summed E-state index contributed by atoms with van der Waals surface area (Å²) in [6.45, 7) is 5.71. The van der Waals surface area contributed by atoms with Crippen molar-refractivity contribution < 1.29 is 18.9 Å². The van der Waals surface area contributed by atoms with Crippen LogP contribution in [0.2, 0.25) is 0 Å². The van der Waals surface area contributed by atoms with Gasteiger partial charge in [0.25, 0.3) is 4.70 Å². The fraction of sp³-hybridized carbons (Fsp3) is 0.538. The van der Waals surface area contributed by atoms with Gasteiger partial charge < -0.3 is 18.9 Å². The van der Waals surface area contributed by atoms with Crippen molar-refractivity contribution >= 4 is 95.6 Å². The second kappa shape index (κ2) is 16.3. The molecule has 0 N–H and O–H groups in total. The van der Waals surface area contributed by atoms with Gasteiger partial charge >= 0.3 is 0 Å². The van der Waals surface area contributed by atoms with E-state index in [1.54, 1.807) is 0 Å². The highest BCUT2D eigenvalue weighted by atomic mass is 79.9. The lowest BCUT2D eigenvalue weighted by Crippen LogP contribution is -2.58. The quantitative estimate of drug-likeness (QED) is 0.0901. The van der Waals surface area contributed by atoms with Gasteiger partial charge in [-0.25, -0.2) is 0 Å². The third-order valence-corrected chi connectivity index (χ3v) is 13.9. The predicted octanol–water partition coefficient (Wildman–Crippen LogP) is 10.1. The molecular formula is C26H32Br6O4. The highest BCUT2D eigenvalue weighted by Gasteiger charge is 2.63. The lowest BCUT2D eigenvalue weighted by Gasteiger charge is -2.45. The molecule has 2 rings (SSSR count). The third-order valence-electron chi connectivity index (χ3n) is 5.19. The number of rotatable bonds is 17. The molecule has 2 aromatic carbocycles. The van der Waals surface area contributed by atoms with E-state index in [-0.39, 0.29) is 12.7 Å². The second-order valence-electron chi connectivity index (χ2n) is 8.14. The van der Waals surface area contributed by atoms with Crippen LogP contribution in [0.5, 0.6) is 5.75 Å². The second-order valence-corrected chi connectivity index (χ2v) is 16.6. The van der Waals surface area contributed by atoms with Gasteiger partial charge in [-0.2, -0.15) is 0 Å². The van der Waals surface area contributed by atoms with Gasteiger partial charge in [-0.3, -0.25) is 0 Å². The lowest BCUT2D eigenvalue weighted by molar-refractivity contribution is -0.146. The molecule has 36 heavy (non-hydrogen) atoms. The molecule has 0 aliphatic carbocycles. The smallest absolute Gasteiger partial charge is 0.298 e. The van der Waals surface area contributed by atoms with E-state index in [0.29, 0.717) is 24.3 Å². The lowest BCUT2D eigenvalue weighted by atomic mass is 10.1. The Morgan fingerprint density at radius 1 is 0.778 bits per heavy atom. The molecule has 0 radical (unpaired) electrons. The largest absolute Gasteiger partial charge is 0.450 e. The minimum Gasteiger partial charge on any atom is -0.450 e. The summed E-state index contributed by atoms with van der Waals surface area (Å²) in [6.07, 6.45) is 3.81. The predicted molar refractivity (Wildman–Crippen MR) is 171 cm³/mol. The fourth-order valence-electron chi connectivity index (χ4n) is 3.05. The van der Waals surface area contributed by atoms with Crippen LogP contribution in [0.3, 0.4) is 0 Å². The molecule has 0 saturated heterocycles. The zero-order chi connectivity index (χ0) is 26.7. The number of halogens is 6. The molecule has 0 fully saturated rings. The zero-order valence-corrected chi connectivity index (χ0v) is 29.8. The van der Waals surface area contributed by atoms with Crippen molar-refractivity contribution in [3.63, 3.8) is 0 Å². The van der Waals surface area contributed by atoms with Gasteiger partial charge in [-0.15, -0.1) is 0 Å². The zero-order valence-electron chi connectivity index (χ0n) is 20.3. The van der Waals surface area contributed by atoms with E-state index in [0.717, 1.165) is 36.8 Å². The Labute approximate surface area is 265 Å². The summed E-state index contributed by atoms with van der Waals surface area (Å²) in [7, 11) is 0. The van der Waals surface area contributed by atoms with Crippen molar-refractivity contribution in [3.8, 4) is 16.9 Å². The number of unbranched alkanes of at least 4 members (excludes halogenated alkanes) is 2. The van der Waals surface area contributed by atoms with Crippen molar-refractivity contribution in [1.29, 1.82) is 0 Å². The van der Waals surface area contributed by atoms with Gasteiger partial charge in [0.1, 0.15) is 5.75 Å². The number of benzene rings is 2. The molecule has 0 bridgehead atoms. The highest BCUT2D eigenvalue weighted by molar-refractivity contribution is 9.30. The molecule has 10 heteroatoms. The summed E-state index contributed by atoms with van der Waals surface area (Å²) in [5, 5.41) is 0.627. The Balaban J connectivity index is 2.35. The Kier molecular flexibility index (Phi) is 15.0. The summed E-state index contributed by atoms with van der Waals surface area (Å²) >= 11 is 22.2. The van der Waals surface area contributed by atoms with E-state index < -0.39 is 11.3 Å². The summed E-state index contributed by atoms with van der Waals surface area (Å²) in [4.78, 5) is 0. The summed E-state index contributed by atoms with van der Waals surface area (Å²) < 4.78 is 21.4. The maximum Gasteiger partial charge on any atom is 0.298 e. The Hall–Kier alpha value is 1.000. The van der Waals surface area contributed by atoms with Crippen LogP contribution >= 0.6 is 95.6 Å².